The second-order valence-electron chi connectivity index (χ2n) is 4.99. The number of sulfonamides is 1. The zero-order valence-corrected chi connectivity index (χ0v) is 12.8. The van der Waals surface area contributed by atoms with Crippen LogP contribution in [0.4, 0.5) is 0 Å². The molecule has 0 bridgehead atoms. The minimum Gasteiger partial charge on any atom is -0.274 e. The molecule has 1 N–H and O–H groups in total. The zero-order chi connectivity index (χ0) is 15.3. The summed E-state index contributed by atoms with van der Waals surface area (Å²) in [6.45, 7) is 2.03. The summed E-state index contributed by atoms with van der Waals surface area (Å²) in [7, 11) is -3.79. The van der Waals surface area contributed by atoms with Gasteiger partial charge in [0.05, 0.1) is 4.90 Å². The SMILES string of the molecule is CCCCCC(=O)NS(=O)(=O)c1ccc2ccccc2c1. The molecule has 2 aromatic carbocycles. The van der Waals surface area contributed by atoms with E-state index in [4.69, 9.17) is 0 Å². The van der Waals surface area contributed by atoms with Crippen molar-refractivity contribution in [3.05, 3.63) is 42.5 Å². The second-order valence-corrected chi connectivity index (χ2v) is 6.68. The number of carbonyl (C=O) groups is 1. The highest BCUT2D eigenvalue weighted by molar-refractivity contribution is 7.90. The van der Waals surface area contributed by atoms with Crippen LogP contribution in [0, 0.1) is 0 Å². The highest BCUT2D eigenvalue weighted by atomic mass is 32.2. The fourth-order valence-electron chi connectivity index (χ4n) is 2.13. The molecule has 0 fully saturated rings. The van der Waals surface area contributed by atoms with Gasteiger partial charge in [0, 0.05) is 6.42 Å². The van der Waals surface area contributed by atoms with Crippen LogP contribution in [0.2, 0.25) is 0 Å². The van der Waals surface area contributed by atoms with Crippen molar-refractivity contribution >= 4 is 26.7 Å². The third kappa shape index (κ3) is 4.04. The van der Waals surface area contributed by atoms with Gasteiger partial charge in [-0.25, -0.2) is 13.1 Å². The molecular formula is C16H19NO3S. The van der Waals surface area contributed by atoms with Crippen molar-refractivity contribution < 1.29 is 13.2 Å². The van der Waals surface area contributed by atoms with Crippen LogP contribution in [-0.4, -0.2) is 14.3 Å². The van der Waals surface area contributed by atoms with Crippen molar-refractivity contribution in [3.63, 3.8) is 0 Å². The number of unbranched alkanes of at least 4 members (excludes halogenated alkanes) is 2. The third-order valence-electron chi connectivity index (χ3n) is 3.29. The number of rotatable bonds is 6. The molecular weight excluding hydrogens is 286 g/mol. The van der Waals surface area contributed by atoms with E-state index in [-0.39, 0.29) is 11.3 Å². The lowest BCUT2D eigenvalue weighted by atomic mass is 10.1. The number of amides is 1. The van der Waals surface area contributed by atoms with Crippen molar-refractivity contribution in [2.75, 3.05) is 0 Å². The van der Waals surface area contributed by atoms with Gasteiger partial charge in [0.25, 0.3) is 10.0 Å². The van der Waals surface area contributed by atoms with Gasteiger partial charge in [-0.15, -0.1) is 0 Å². The predicted octanol–water partition coefficient (Wildman–Crippen LogP) is 3.23. The maximum absolute atomic E-state index is 12.2. The minimum atomic E-state index is -3.79. The highest BCUT2D eigenvalue weighted by Gasteiger charge is 2.17. The van der Waals surface area contributed by atoms with E-state index in [2.05, 4.69) is 4.72 Å². The molecule has 0 atom stereocenters. The lowest BCUT2D eigenvalue weighted by Gasteiger charge is -2.08. The lowest BCUT2D eigenvalue weighted by molar-refractivity contribution is -0.119. The molecule has 5 heteroatoms. The largest absolute Gasteiger partial charge is 0.274 e. The van der Waals surface area contributed by atoms with Crippen LogP contribution in [0.5, 0.6) is 0 Å². The molecule has 0 saturated carbocycles. The number of hydrogen-bond acceptors (Lipinski definition) is 3. The second kappa shape index (κ2) is 6.72. The Balaban J connectivity index is 2.15. The van der Waals surface area contributed by atoms with Gasteiger partial charge < -0.3 is 0 Å². The van der Waals surface area contributed by atoms with Crippen molar-refractivity contribution in [1.82, 2.24) is 4.72 Å². The Kier molecular flexibility index (Phi) is 4.96. The smallest absolute Gasteiger partial charge is 0.264 e. The molecule has 0 saturated heterocycles. The van der Waals surface area contributed by atoms with Gasteiger partial charge in [0.1, 0.15) is 0 Å². The first-order chi connectivity index (χ1) is 10.0. The molecule has 0 heterocycles. The average molecular weight is 305 g/mol. The molecule has 4 nitrogen and oxygen atoms in total. The van der Waals surface area contributed by atoms with Gasteiger partial charge in [0.2, 0.25) is 5.91 Å². The molecule has 0 unspecified atom stereocenters. The molecule has 0 aliphatic carbocycles. The van der Waals surface area contributed by atoms with Crippen LogP contribution in [0.25, 0.3) is 10.8 Å². The van der Waals surface area contributed by atoms with Gasteiger partial charge >= 0.3 is 0 Å². The first-order valence-electron chi connectivity index (χ1n) is 7.07. The maximum Gasteiger partial charge on any atom is 0.264 e. The summed E-state index contributed by atoms with van der Waals surface area (Å²) in [6.07, 6.45) is 2.85. The fraction of sp³-hybridized carbons (Fsp3) is 0.312. The summed E-state index contributed by atoms with van der Waals surface area (Å²) in [5.41, 5.74) is 0. The van der Waals surface area contributed by atoms with Crippen molar-refractivity contribution in [1.29, 1.82) is 0 Å². The molecule has 112 valence electrons. The monoisotopic (exact) mass is 305 g/mol. The van der Waals surface area contributed by atoms with Crippen molar-refractivity contribution in [2.24, 2.45) is 0 Å². The number of nitrogens with one attached hydrogen (secondary N) is 1. The van der Waals surface area contributed by atoms with E-state index < -0.39 is 15.9 Å². The summed E-state index contributed by atoms with van der Waals surface area (Å²) in [6, 6.07) is 12.3. The van der Waals surface area contributed by atoms with E-state index in [9.17, 15) is 13.2 Å². The van der Waals surface area contributed by atoms with E-state index in [0.29, 0.717) is 6.42 Å². The topological polar surface area (TPSA) is 63.2 Å². The maximum atomic E-state index is 12.2. The predicted molar refractivity (Wildman–Crippen MR) is 83.4 cm³/mol. The summed E-state index contributed by atoms with van der Waals surface area (Å²) < 4.78 is 26.5. The Bertz CT molecular complexity index is 738. The van der Waals surface area contributed by atoms with Crippen LogP contribution in [0.3, 0.4) is 0 Å². The lowest BCUT2D eigenvalue weighted by Crippen LogP contribution is -2.30. The molecule has 21 heavy (non-hydrogen) atoms. The van der Waals surface area contributed by atoms with Gasteiger partial charge in [-0.2, -0.15) is 0 Å². The molecule has 1 amide bonds. The molecule has 2 rings (SSSR count). The quantitative estimate of drug-likeness (QED) is 0.833. The van der Waals surface area contributed by atoms with Gasteiger partial charge in [-0.3, -0.25) is 4.79 Å². The summed E-state index contributed by atoms with van der Waals surface area (Å²) >= 11 is 0. The molecule has 0 aliphatic heterocycles. The van der Waals surface area contributed by atoms with Crippen LogP contribution < -0.4 is 4.72 Å². The van der Waals surface area contributed by atoms with E-state index in [1.165, 1.54) is 6.07 Å². The molecule has 2 aromatic rings. The summed E-state index contributed by atoms with van der Waals surface area (Å²) in [4.78, 5) is 11.8. The fourth-order valence-corrected chi connectivity index (χ4v) is 3.18. The highest BCUT2D eigenvalue weighted by Crippen LogP contribution is 2.18. The summed E-state index contributed by atoms with van der Waals surface area (Å²) in [5.74, 6) is -0.448. The van der Waals surface area contributed by atoms with E-state index in [0.717, 1.165) is 23.6 Å². The van der Waals surface area contributed by atoms with Crippen LogP contribution in [0.15, 0.2) is 47.4 Å². The Labute approximate surface area is 125 Å². The van der Waals surface area contributed by atoms with E-state index >= 15 is 0 Å². The third-order valence-corrected chi connectivity index (χ3v) is 4.66. The van der Waals surface area contributed by atoms with Crippen molar-refractivity contribution in [3.8, 4) is 0 Å². The average Bonchev–Trinajstić information content (AvgIpc) is 2.46. The Morgan fingerprint density at radius 3 is 2.48 bits per heavy atom. The zero-order valence-electron chi connectivity index (χ0n) is 12.0. The molecule has 0 aliphatic rings. The number of fused-ring (bicyclic) bond motifs is 1. The van der Waals surface area contributed by atoms with E-state index in [1.807, 2.05) is 31.2 Å². The van der Waals surface area contributed by atoms with Crippen LogP contribution in [-0.2, 0) is 14.8 Å². The first-order valence-corrected chi connectivity index (χ1v) is 8.55. The summed E-state index contributed by atoms with van der Waals surface area (Å²) in [5, 5.41) is 1.80. The number of carbonyl (C=O) groups excluding carboxylic acids is 1. The molecule has 0 spiro atoms. The van der Waals surface area contributed by atoms with Crippen molar-refractivity contribution in [2.45, 2.75) is 37.5 Å². The Morgan fingerprint density at radius 2 is 1.76 bits per heavy atom. The minimum absolute atomic E-state index is 0.116. The number of hydrogen-bond donors (Lipinski definition) is 1. The van der Waals surface area contributed by atoms with Gasteiger partial charge in [0.15, 0.2) is 0 Å². The normalized spacial score (nSPS) is 11.5. The molecule has 0 aromatic heterocycles. The van der Waals surface area contributed by atoms with Gasteiger partial charge in [-0.1, -0.05) is 50.1 Å². The van der Waals surface area contributed by atoms with Crippen LogP contribution in [0.1, 0.15) is 32.6 Å². The number of benzene rings is 2. The Morgan fingerprint density at radius 1 is 1.05 bits per heavy atom. The van der Waals surface area contributed by atoms with Crippen LogP contribution >= 0.6 is 0 Å². The molecule has 0 radical (unpaired) electrons. The standard InChI is InChI=1S/C16H19NO3S/c1-2-3-4-9-16(18)17-21(19,20)15-11-10-13-7-5-6-8-14(13)12-15/h5-8,10-12H,2-4,9H2,1H3,(H,17,18). The van der Waals surface area contributed by atoms with E-state index in [1.54, 1.807) is 12.1 Å². The Hall–Kier alpha value is -1.88. The van der Waals surface area contributed by atoms with Gasteiger partial charge in [-0.05, 0) is 29.3 Å². The first kappa shape index (κ1) is 15.5.